The van der Waals surface area contributed by atoms with Gasteiger partial charge in [-0.2, -0.15) is 0 Å². The number of rotatable bonds is 4. The van der Waals surface area contributed by atoms with Crippen LogP contribution in [0.4, 0.5) is 4.39 Å². The maximum absolute atomic E-state index is 13.2. The van der Waals surface area contributed by atoms with Crippen molar-refractivity contribution in [1.29, 1.82) is 0 Å². The second kappa shape index (κ2) is 7.09. The highest BCUT2D eigenvalue weighted by atomic mass is 19.1. The number of carbonyl (C=O) groups excluding carboxylic acids is 1. The van der Waals surface area contributed by atoms with E-state index in [2.05, 4.69) is 17.4 Å². The molecule has 0 aliphatic rings. The molecule has 1 atom stereocenters. The number of hydrogen-bond acceptors (Lipinski definition) is 1. The molecule has 0 fully saturated rings. The van der Waals surface area contributed by atoms with Gasteiger partial charge < -0.3 is 5.32 Å². The standard InChI is InChI=1S/C21H18FNO/c1-15(23-21(24)19-8-5-9-20(22)14-19)16-10-12-18(13-11-16)17-6-3-2-4-7-17/h2-15H,1H3,(H,23,24)/t15-/m0/s1. The minimum atomic E-state index is -0.414. The zero-order valence-corrected chi connectivity index (χ0v) is 13.4. The second-order valence-corrected chi connectivity index (χ2v) is 5.69. The zero-order chi connectivity index (χ0) is 16.9. The Hall–Kier alpha value is -2.94. The largest absolute Gasteiger partial charge is 0.346 e. The Bertz CT molecular complexity index is 828. The molecule has 3 aromatic carbocycles. The Morgan fingerprint density at radius 2 is 1.54 bits per heavy atom. The van der Waals surface area contributed by atoms with Crippen molar-refractivity contribution in [2.75, 3.05) is 0 Å². The van der Waals surface area contributed by atoms with Crippen LogP contribution in [-0.4, -0.2) is 5.91 Å². The molecule has 3 rings (SSSR count). The van der Waals surface area contributed by atoms with Crippen molar-refractivity contribution in [3.05, 3.63) is 95.8 Å². The van der Waals surface area contributed by atoms with Crippen molar-refractivity contribution in [1.82, 2.24) is 5.32 Å². The van der Waals surface area contributed by atoms with E-state index in [0.717, 1.165) is 16.7 Å². The molecule has 1 amide bonds. The van der Waals surface area contributed by atoms with Crippen LogP contribution in [0.25, 0.3) is 11.1 Å². The van der Waals surface area contributed by atoms with Crippen LogP contribution in [0.5, 0.6) is 0 Å². The fraction of sp³-hybridized carbons (Fsp3) is 0.0952. The smallest absolute Gasteiger partial charge is 0.251 e. The average Bonchev–Trinajstić information content (AvgIpc) is 2.62. The molecular formula is C21H18FNO. The Balaban J connectivity index is 1.71. The third kappa shape index (κ3) is 3.69. The molecule has 24 heavy (non-hydrogen) atoms. The summed E-state index contributed by atoms with van der Waals surface area (Å²) in [5.74, 6) is -0.698. The molecule has 120 valence electrons. The van der Waals surface area contributed by atoms with Gasteiger partial charge in [0.2, 0.25) is 0 Å². The van der Waals surface area contributed by atoms with Crippen LogP contribution in [0.1, 0.15) is 28.9 Å². The summed E-state index contributed by atoms with van der Waals surface area (Å²) in [6, 6.07) is 23.7. The third-order valence-corrected chi connectivity index (χ3v) is 3.95. The maximum Gasteiger partial charge on any atom is 0.251 e. The Labute approximate surface area is 141 Å². The van der Waals surface area contributed by atoms with Crippen LogP contribution in [-0.2, 0) is 0 Å². The van der Waals surface area contributed by atoms with Crippen LogP contribution < -0.4 is 5.32 Å². The van der Waals surface area contributed by atoms with Crippen LogP contribution in [0, 0.1) is 5.82 Å². The van der Waals surface area contributed by atoms with Gasteiger partial charge in [-0.05, 0) is 41.8 Å². The highest BCUT2D eigenvalue weighted by Gasteiger charge is 2.12. The molecule has 0 aliphatic carbocycles. The lowest BCUT2D eigenvalue weighted by Crippen LogP contribution is -2.26. The normalized spacial score (nSPS) is 11.8. The minimum Gasteiger partial charge on any atom is -0.346 e. The van der Waals surface area contributed by atoms with Crippen molar-refractivity contribution in [2.45, 2.75) is 13.0 Å². The van der Waals surface area contributed by atoms with E-state index in [1.807, 2.05) is 49.4 Å². The first kappa shape index (κ1) is 15.9. The Kier molecular flexibility index (Phi) is 4.71. The van der Waals surface area contributed by atoms with Crippen LogP contribution in [0.3, 0.4) is 0 Å². The van der Waals surface area contributed by atoms with E-state index in [0.29, 0.717) is 5.56 Å². The van der Waals surface area contributed by atoms with Gasteiger partial charge in [0, 0.05) is 5.56 Å². The first-order valence-corrected chi connectivity index (χ1v) is 7.85. The lowest BCUT2D eigenvalue weighted by atomic mass is 10.0. The molecule has 0 saturated carbocycles. The van der Waals surface area contributed by atoms with E-state index in [9.17, 15) is 9.18 Å². The highest BCUT2D eigenvalue weighted by Crippen LogP contribution is 2.22. The predicted octanol–water partition coefficient (Wildman–Crippen LogP) is 4.98. The van der Waals surface area contributed by atoms with Gasteiger partial charge in [0.25, 0.3) is 5.91 Å². The summed E-state index contributed by atoms with van der Waals surface area (Å²) in [5, 5.41) is 2.89. The van der Waals surface area contributed by atoms with Gasteiger partial charge in [0.05, 0.1) is 6.04 Å². The summed E-state index contributed by atoms with van der Waals surface area (Å²) < 4.78 is 13.2. The number of nitrogens with one attached hydrogen (secondary N) is 1. The van der Waals surface area contributed by atoms with Crippen LogP contribution >= 0.6 is 0 Å². The van der Waals surface area contributed by atoms with Gasteiger partial charge in [0.15, 0.2) is 0 Å². The molecule has 0 spiro atoms. The fourth-order valence-electron chi connectivity index (χ4n) is 2.59. The summed E-state index contributed by atoms with van der Waals surface area (Å²) in [6.07, 6.45) is 0. The maximum atomic E-state index is 13.2. The van der Waals surface area contributed by atoms with Crippen molar-refractivity contribution in [2.24, 2.45) is 0 Å². The van der Waals surface area contributed by atoms with E-state index in [4.69, 9.17) is 0 Å². The lowest BCUT2D eigenvalue weighted by Gasteiger charge is -2.15. The molecular weight excluding hydrogens is 301 g/mol. The summed E-state index contributed by atoms with van der Waals surface area (Å²) in [6.45, 7) is 1.91. The van der Waals surface area contributed by atoms with Gasteiger partial charge in [-0.25, -0.2) is 4.39 Å². The van der Waals surface area contributed by atoms with E-state index >= 15 is 0 Å². The van der Waals surface area contributed by atoms with E-state index in [1.165, 1.54) is 18.2 Å². The van der Waals surface area contributed by atoms with Gasteiger partial charge >= 0.3 is 0 Å². The molecule has 1 N–H and O–H groups in total. The van der Waals surface area contributed by atoms with Crippen molar-refractivity contribution < 1.29 is 9.18 Å². The number of halogens is 1. The number of benzene rings is 3. The van der Waals surface area contributed by atoms with E-state index in [1.54, 1.807) is 6.07 Å². The van der Waals surface area contributed by atoms with Crippen molar-refractivity contribution in [3.63, 3.8) is 0 Å². The molecule has 0 heterocycles. The van der Waals surface area contributed by atoms with Crippen LogP contribution in [0.15, 0.2) is 78.9 Å². The molecule has 0 radical (unpaired) electrons. The number of amides is 1. The Morgan fingerprint density at radius 1 is 0.875 bits per heavy atom. The van der Waals surface area contributed by atoms with Gasteiger partial charge in [-0.3, -0.25) is 4.79 Å². The zero-order valence-electron chi connectivity index (χ0n) is 13.4. The molecule has 2 nitrogen and oxygen atoms in total. The van der Waals surface area contributed by atoms with Gasteiger partial charge in [-0.15, -0.1) is 0 Å². The quantitative estimate of drug-likeness (QED) is 0.721. The summed E-state index contributed by atoms with van der Waals surface area (Å²) in [5.41, 5.74) is 3.60. The van der Waals surface area contributed by atoms with E-state index in [-0.39, 0.29) is 11.9 Å². The molecule has 0 aromatic heterocycles. The van der Waals surface area contributed by atoms with Crippen LogP contribution in [0.2, 0.25) is 0 Å². The fourth-order valence-corrected chi connectivity index (χ4v) is 2.59. The van der Waals surface area contributed by atoms with Gasteiger partial charge in [0.1, 0.15) is 5.82 Å². The summed E-state index contributed by atoms with van der Waals surface area (Å²) in [7, 11) is 0. The second-order valence-electron chi connectivity index (χ2n) is 5.69. The first-order valence-electron chi connectivity index (χ1n) is 7.85. The average molecular weight is 319 g/mol. The SMILES string of the molecule is C[C@H](NC(=O)c1cccc(F)c1)c1ccc(-c2ccccc2)cc1. The number of carbonyl (C=O) groups is 1. The molecule has 0 saturated heterocycles. The first-order chi connectivity index (χ1) is 11.6. The van der Waals surface area contributed by atoms with Crippen molar-refractivity contribution >= 4 is 5.91 Å². The molecule has 0 bridgehead atoms. The predicted molar refractivity (Wildman–Crippen MR) is 94.2 cm³/mol. The summed E-state index contributed by atoms with van der Waals surface area (Å²) >= 11 is 0. The summed E-state index contributed by atoms with van der Waals surface area (Å²) in [4.78, 5) is 12.2. The monoisotopic (exact) mass is 319 g/mol. The molecule has 3 aromatic rings. The molecule has 3 heteroatoms. The molecule has 0 aliphatic heterocycles. The number of hydrogen-bond donors (Lipinski definition) is 1. The third-order valence-electron chi connectivity index (χ3n) is 3.95. The minimum absolute atomic E-state index is 0.161. The van der Waals surface area contributed by atoms with E-state index < -0.39 is 5.82 Å². The highest BCUT2D eigenvalue weighted by molar-refractivity contribution is 5.94. The van der Waals surface area contributed by atoms with Crippen molar-refractivity contribution in [3.8, 4) is 11.1 Å². The lowest BCUT2D eigenvalue weighted by molar-refractivity contribution is 0.0939. The Morgan fingerprint density at radius 3 is 2.21 bits per heavy atom. The molecule has 0 unspecified atom stereocenters. The topological polar surface area (TPSA) is 29.1 Å². The van der Waals surface area contributed by atoms with Gasteiger partial charge in [-0.1, -0.05) is 60.7 Å².